The third-order valence-corrected chi connectivity index (χ3v) is 9.89. The molecule has 3 aliphatic rings. The first-order chi connectivity index (χ1) is 20.6. The van der Waals surface area contributed by atoms with Crippen LogP contribution in [0.25, 0.3) is 0 Å². The van der Waals surface area contributed by atoms with Crippen LogP contribution in [0.5, 0.6) is 0 Å². The Bertz CT molecular complexity index is 1210. The van der Waals surface area contributed by atoms with Gasteiger partial charge in [-0.1, -0.05) is 44.1 Å². The van der Waals surface area contributed by atoms with Gasteiger partial charge < -0.3 is 24.4 Å². The molecular formula is C35H50N2O6. The Kier molecular flexibility index (Phi) is 10.5. The zero-order valence-corrected chi connectivity index (χ0v) is 26.5. The van der Waals surface area contributed by atoms with Crippen LogP contribution in [0.2, 0.25) is 0 Å². The second-order valence-electron chi connectivity index (χ2n) is 12.9. The number of aryl methyl sites for hydroxylation is 2. The molecule has 0 radical (unpaired) electrons. The summed E-state index contributed by atoms with van der Waals surface area (Å²) in [7, 11) is 0. The van der Waals surface area contributed by atoms with E-state index in [1.165, 1.54) is 0 Å². The molecule has 6 atom stereocenters. The molecule has 3 fully saturated rings. The fourth-order valence-corrected chi connectivity index (χ4v) is 7.61. The number of hydrogen-bond donors (Lipinski definition) is 1. The molecule has 2 amide bonds. The van der Waals surface area contributed by atoms with Crippen molar-refractivity contribution in [2.75, 3.05) is 31.2 Å². The molecule has 0 saturated carbocycles. The summed E-state index contributed by atoms with van der Waals surface area (Å²) in [5.74, 6) is -2.46. The van der Waals surface area contributed by atoms with E-state index in [0.29, 0.717) is 25.8 Å². The summed E-state index contributed by atoms with van der Waals surface area (Å²) in [6, 6.07) is 5.12. The molecule has 1 N–H and O–H groups in total. The highest BCUT2D eigenvalue weighted by Crippen LogP contribution is 2.65. The van der Waals surface area contributed by atoms with Gasteiger partial charge in [-0.15, -0.1) is 13.2 Å². The number of likely N-dealkylation sites (tertiary alicyclic amines) is 1. The van der Waals surface area contributed by atoms with E-state index in [1.54, 1.807) is 15.9 Å². The van der Waals surface area contributed by atoms with Gasteiger partial charge in [-0.2, -0.15) is 0 Å². The molecule has 3 saturated heterocycles. The zero-order valence-electron chi connectivity index (χ0n) is 26.5. The number of fused-ring (bicyclic) bond motifs is 1. The Morgan fingerprint density at radius 1 is 1.14 bits per heavy atom. The van der Waals surface area contributed by atoms with E-state index in [1.807, 2.05) is 52.0 Å². The lowest BCUT2D eigenvalue weighted by Crippen LogP contribution is -2.57. The summed E-state index contributed by atoms with van der Waals surface area (Å²) >= 11 is 0. The molecular weight excluding hydrogens is 544 g/mol. The molecule has 43 heavy (non-hydrogen) atoms. The number of benzene rings is 1. The zero-order chi connectivity index (χ0) is 31.4. The summed E-state index contributed by atoms with van der Waals surface area (Å²) in [6.07, 6.45) is 9.54. The molecule has 1 spiro atoms. The largest absolute Gasteiger partial charge is 0.465 e. The van der Waals surface area contributed by atoms with Crippen LogP contribution in [0, 0.1) is 31.6 Å². The van der Waals surface area contributed by atoms with Gasteiger partial charge in [0.05, 0.1) is 18.1 Å². The fourth-order valence-electron chi connectivity index (χ4n) is 7.61. The summed E-state index contributed by atoms with van der Waals surface area (Å²) < 4.78 is 12.7. The second-order valence-corrected chi connectivity index (χ2v) is 12.9. The third kappa shape index (κ3) is 6.05. The topological polar surface area (TPSA) is 96.4 Å². The third-order valence-electron chi connectivity index (χ3n) is 9.89. The summed E-state index contributed by atoms with van der Waals surface area (Å²) in [5, 5.41) is 9.22. The van der Waals surface area contributed by atoms with Crippen LogP contribution in [0.4, 0.5) is 5.69 Å². The SMILES string of the molecule is C=CCCCCOC(=O)[C@H]1[C@H]2C(=O)N(CCCCCCO)C(C(=O)N(CC=C)c3cc(C)ccc3C)C23CC(C)[C@]1(C)O3. The molecule has 236 valence electrons. The number of unbranched alkanes of at least 4 members (excludes halogenated alkanes) is 5. The van der Waals surface area contributed by atoms with Crippen LogP contribution in [0.15, 0.2) is 43.5 Å². The molecule has 1 aromatic carbocycles. The first-order valence-corrected chi connectivity index (χ1v) is 16.0. The normalized spacial score (nSPS) is 29.0. The molecule has 3 unspecified atom stereocenters. The minimum Gasteiger partial charge on any atom is -0.465 e. The van der Waals surface area contributed by atoms with Crippen molar-refractivity contribution in [2.24, 2.45) is 17.8 Å². The van der Waals surface area contributed by atoms with Crippen molar-refractivity contribution in [3.63, 3.8) is 0 Å². The molecule has 1 aromatic rings. The van der Waals surface area contributed by atoms with Crippen molar-refractivity contribution in [3.05, 3.63) is 54.6 Å². The predicted octanol–water partition coefficient (Wildman–Crippen LogP) is 5.29. The van der Waals surface area contributed by atoms with Crippen LogP contribution >= 0.6 is 0 Å². The van der Waals surface area contributed by atoms with Gasteiger partial charge in [0.2, 0.25) is 5.91 Å². The Balaban J connectivity index is 1.72. The number of carbonyl (C=O) groups is 3. The smallest absolute Gasteiger partial charge is 0.312 e. The fraction of sp³-hybridized carbons (Fsp3) is 0.629. The Morgan fingerprint density at radius 2 is 1.88 bits per heavy atom. The summed E-state index contributed by atoms with van der Waals surface area (Å²) in [5.41, 5.74) is 0.716. The highest BCUT2D eigenvalue weighted by Gasteiger charge is 2.80. The maximum atomic E-state index is 14.8. The van der Waals surface area contributed by atoms with Crippen molar-refractivity contribution in [1.82, 2.24) is 4.90 Å². The van der Waals surface area contributed by atoms with Gasteiger partial charge in [0.1, 0.15) is 17.6 Å². The first kappa shape index (κ1) is 32.9. The van der Waals surface area contributed by atoms with E-state index in [9.17, 15) is 19.5 Å². The average molecular weight is 595 g/mol. The van der Waals surface area contributed by atoms with Gasteiger partial charge in [-0.3, -0.25) is 14.4 Å². The molecule has 8 nitrogen and oxygen atoms in total. The number of amides is 2. The molecule has 0 aromatic heterocycles. The summed E-state index contributed by atoms with van der Waals surface area (Å²) in [4.78, 5) is 46.4. The maximum Gasteiger partial charge on any atom is 0.312 e. The number of aliphatic hydroxyl groups is 1. The van der Waals surface area contributed by atoms with E-state index < -0.39 is 35.0 Å². The molecule has 3 heterocycles. The van der Waals surface area contributed by atoms with Crippen LogP contribution in [0.1, 0.15) is 76.3 Å². The van der Waals surface area contributed by atoms with Crippen molar-refractivity contribution in [3.8, 4) is 0 Å². The lowest BCUT2D eigenvalue weighted by molar-refractivity contribution is -0.161. The van der Waals surface area contributed by atoms with Gasteiger partial charge in [-0.25, -0.2) is 0 Å². The highest BCUT2D eigenvalue weighted by atomic mass is 16.6. The monoisotopic (exact) mass is 594 g/mol. The Morgan fingerprint density at radius 3 is 2.58 bits per heavy atom. The van der Waals surface area contributed by atoms with Gasteiger partial charge >= 0.3 is 5.97 Å². The number of nitrogens with zero attached hydrogens (tertiary/aromatic N) is 2. The molecule has 2 bridgehead atoms. The van der Waals surface area contributed by atoms with Crippen LogP contribution in [0.3, 0.4) is 0 Å². The molecule has 3 aliphatic heterocycles. The lowest BCUT2D eigenvalue weighted by atomic mass is 9.62. The number of hydrogen-bond acceptors (Lipinski definition) is 6. The number of esters is 1. The number of aliphatic hydroxyl groups excluding tert-OH is 1. The van der Waals surface area contributed by atoms with Gasteiger partial charge in [0.25, 0.3) is 5.91 Å². The first-order valence-electron chi connectivity index (χ1n) is 16.0. The number of anilines is 1. The van der Waals surface area contributed by atoms with Gasteiger partial charge in [0.15, 0.2) is 0 Å². The minimum atomic E-state index is -1.13. The summed E-state index contributed by atoms with van der Waals surface area (Å²) in [6.45, 7) is 16.7. The second kappa shape index (κ2) is 13.8. The molecule has 8 heteroatoms. The minimum absolute atomic E-state index is 0.0526. The van der Waals surface area contributed by atoms with Crippen molar-refractivity contribution >= 4 is 23.5 Å². The maximum absolute atomic E-state index is 14.8. The number of allylic oxidation sites excluding steroid dienone is 1. The molecule has 4 rings (SSSR count). The number of carbonyl (C=O) groups excluding carboxylic acids is 3. The van der Waals surface area contributed by atoms with Crippen LogP contribution < -0.4 is 4.90 Å². The van der Waals surface area contributed by atoms with E-state index >= 15 is 0 Å². The van der Waals surface area contributed by atoms with Crippen LogP contribution in [-0.2, 0) is 23.9 Å². The van der Waals surface area contributed by atoms with E-state index in [0.717, 1.165) is 48.9 Å². The number of rotatable bonds is 16. The van der Waals surface area contributed by atoms with Crippen molar-refractivity contribution < 1.29 is 29.0 Å². The van der Waals surface area contributed by atoms with Gasteiger partial charge in [-0.05, 0) is 82.4 Å². The average Bonchev–Trinajstić information content (AvgIpc) is 3.49. The molecule has 0 aliphatic carbocycles. The van der Waals surface area contributed by atoms with E-state index in [2.05, 4.69) is 13.2 Å². The van der Waals surface area contributed by atoms with Gasteiger partial charge in [0, 0.05) is 25.4 Å². The van der Waals surface area contributed by atoms with Crippen molar-refractivity contribution in [1.29, 1.82) is 0 Å². The van der Waals surface area contributed by atoms with Crippen molar-refractivity contribution in [2.45, 2.75) is 96.3 Å². The lowest BCUT2D eigenvalue weighted by Gasteiger charge is -2.37. The Labute approximate surface area is 257 Å². The quantitative estimate of drug-likeness (QED) is 0.159. The predicted molar refractivity (Wildman–Crippen MR) is 168 cm³/mol. The Hall–Kier alpha value is -2.97. The number of ether oxygens (including phenoxy) is 2. The van der Waals surface area contributed by atoms with E-state index in [4.69, 9.17) is 9.47 Å². The van der Waals surface area contributed by atoms with E-state index in [-0.39, 0.29) is 37.5 Å². The standard InChI is InChI=1S/C35H50N2O6/c1-7-9-10-15-21-42-33(41)29-28-31(39)37(19-13-11-12-14-20-38)30(35(28)23-26(5)34(29,6)43-35)32(40)36(18-8-2)27-22-24(3)16-17-25(27)4/h7-8,16-17,22,26,28-30,38H,1-2,9-15,18-21,23H2,3-6H3/t26?,28-,29+,30?,34-,35?/m0/s1. The highest BCUT2D eigenvalue weighted by molar-refractivity contribution is 6.05. The van der Waals surface area contributed by atoms with Crippen LogP contribution in [-0.4, -0.2) is 71.3 Å².